The molecule has 2 heterocycles. The molecule has 1 saturated heterocycles. The van der Waals surface area contributed by atoms with Crippen LogP contribution in [0.25, 0.3) is 0 Å². The lowest BCUT2D eigenvalue weighted by molar-refractivity contribution is -0.117. The summed E-state index contributed by atoms with van der Waals surface area (Å²) in [6.07, 6.45) is 0. The number of rotatable bonds is 6. The summed E-state index contributed by atoms with van der Waals surface area (Å²) >= 11 is 1.81. The Morgan fingerprint density at radius 2 is 1.80 bits per heavy atom. The van der Waals surface area contributed by atoms with Gasteiger partial charge < -0.3 is 5.32 Å². The van der Waals surface area contributed by atoms with Crippen LogP contribution in [0.2, 0.25) is 0 Å². The largest absolute Gasteiger partial charge is 0.325 e. The van der Waals surface area contributed by atoms with Crippen LogP contribution in [-0.4, -0.2) is 48.4 Å². The first kappa shape index (κ1) is 18.1. The molecule has 0 radical (unpaired) electrons. The molecule has 1 aromatic heterocycles. The molecular weight excluding hydrogens is 330 g/mol. The second-order valence-electron chi connectivity index (χ2n) is 6.92. The second kappa shape index (κ2) is 8.61. The van der Waals surface area contributed by atoms with Gasteiger partial charge in [-0.05, 0) is 29.0 Å². The summed E-state index contributed by atoms with van der Waals surface area (Å²) in [5, 5.41) is 5.22. The van der Waals surface area contributed by atoms with E-state index in [1.807, 2.05) is 29.5 Å². The van der Waals surface area contributed by atoms with Crippen molar-refractivity contribution in [3.63, 3.8) is 0 Å². The molecule has 2 aromatic rings. The SMILES string of the molecule is CC(C)c1ccccc1NC(=O)CN1CCN(Cc2cccs2)CC1. The van der Waals surface area contributed by atoms with Gasteiger partial charge in [0, 0.05) is 43.3 Å². The number of nitrogens with zero attached hydrogens (tertiary/aromatic N) is 2. The maximum absolute atomic E-state index is 12.4. The standard InChI is InChI=1S/C20H27N3OS/c1-16(2)18-7-3-4-8-19(18)21-20(24)15-23-11-9-22(10-12-23)14-17-6-5-13-25-17/h3-8,13,16H,9-12,14-15H2,1-2H3,(H,21,24). The molecule has 1 aromatic carbocycles. The highest BCUT2D eigenvalue weighted by molar-refractivity contribution is 7.09. The van der Waals surface area contributed by atoms with Gasteiger partial charge in [-0.15, -0.1) is 11.3 Å². The Morgan fingerprint density at radius 1 is 1.08 bits per heavy atom. The Hall–Kier alpha value is -1.69. The van der Waals surface area contributed by atoms with Crippen molar-refractivity contribution in [2.45, 2.75) is 26.3 Å². The molecule has 5 heteroatoms. The van der Waals surface area contributed by atoms with Crippen molar-refractivity contribution < 1.29 is 4.79 Å². The van der Waals surface area contributed by atoms with Gasteiger partial charge in [0.05, 0.1) is 6.54 Å². The summed E-state index contributed by atoms with van der Waals surface area (Å²) in [4.78, 5) is 18.6. The Labute approximate surface area is 154 Å². The van der Waals surface area contributed by atoms with E-state index in [1.165, 1.54) is 10.4 Å². The van der Waals surface area contributed by atoms with Gasteiger partial charge in [0.2, 0.25) is 5.91 Å². The minimum atomic E-state index is 0.0832. The van der Waals surface area contributed by atoms with Crippen molar-refractivity contribution in [2.24, 2.45) is 0 Å². The van der Waals surface area contributed by atoms with Gasteiger partial charge in [-0.25, -0.2) is 0 Å². The maximum atomic E-state index is 12.4. The molecule has 1 aliphatic rings. The van der Waals surface area contributed by atoms with Crippen LogP contribution in [0.15, 0.2) is 41.8 Å². The normalized spacial score (nSPS) is 16.3. The topological polar surface area (TPSA) is 35.6 Å². The molecule has 1 aliphatic heterocycles. The van der Waals surface area contributed by atoms with E-state index in [1.54, 1.807) is 0 Å². The summed E-state index contributed by atoms with van der Waals surface area (Å²) in [5.74, 6) is 0.483. The molecule has 25 heavy (non-hydrogen) atoms. The molecule has 4 nitrogen and oxygen atoms in total. The first-order valence-corrected chi connectivity index (χ1v) is 9.85. The zero-order valence-electron chi connectivity index (χ0n) is 15.1. The third-order valence-electron chi connectivity index (χ3n) is 4.65. The molecule has 0 saturated carbocycles. The number of amides is 1. The van der Waals surface area contributed by atoms with Gasteiger partial charge in [0.15, 0.2) is 0 Å². The van der Waals surface area contributed by atoms with E-state index in [0.717, 1.165) is 38.4 Å². The Kier molecular flexibility index (Phi) is 6.24. The van der Waals surface area contributed by atoms with Gasteiger partial charge in [-0.3, -0.25) is 14.6 Å². The zero-order chi connectivity index (χ0) is 17.6. The number of benzene rings is 1. The average molecular weight is 358 g/mol. The number of piperazine rings is 1. The number of hydrogen-bond donors (Lipinski definition) is 1. The van der Waals surface area contributed by atoms with Gasteiger partial charge in [-0.2, -0.15) is 0 Å². The number of para-hydroxylation sites is 1. The quantitative estimate of drug-likeness (QED) is 0.857. The number of anilines is 1. The fraction of sp³-hybridized carbons (Fsp3) is 0.450. The molecule has 134 valence electrons. The minimum absolute atomic E-state index is 0.0832. The van der Waals surface area contributed by atoms with Crippen LogP contribution in [0.1, 0.15) is 30.2 Å². The number of carbonyl (C=O) groups is 1. The smallest absolute Gasteiger partial charge is 0.238 e. The molecule has 3 rings (SSSR count). The van der Waals surface area contributed by atoms with Gasteiger partial charge >= 0.3 is 0 Å². The van der Waals surface area contributed by atoms with Crippen molar-refractivity contribution in [2.75, 3.05) is 38.0 Å². The van der Waals surface area contributed by atoms with Gasteiger partial charge in [0.25, 0.3) is 0 Å². The summed E-state index contributed by atoms with van der Waals surface area (Å²) in [5.41, 5.74) is 2.13. The van der Waals surface area contributed by atoms with Crippen LogP contribution < -0.4 is 5.32 Å². The number of nitrogens with one attached hydrogen (secondary N) is 1. The van der Waals surface area contributed by atoms with Crippen molar-refractivity contribution in [1.82, 2.24) is 9.80 Å². The fourth-order valence-corrected chi connectivity index (χ4v) is 3.98. The molecule has 1 N–H and O–H groups in total. The average Bonchev–Trinajstić information content (AvgIpc) is 3.10. The molecular formula is C20H27N3OS. The van der Waals surface area contributed by atoms with E-state index < -0.39 is 0 Å². The molecule has 1 amide bonds. The number of thiophene rings is 1. The third kappa shape index (κ3) is 5.14. The summed E-state index contributed by atoms with van der Waals surface area (Å²) in [7, 11) is 0. The molecule has 1 fully saturated rings. The first-order valence-electron chi connectivity index (χ1n) is 8.97. The van der Waals surface area contributed by atoms with Crippen LogP contribution in [0, 0.1) is 0 Å². The van der Waals surface area contributed by atoms with E-state index in [9.17, 15) is 4.79 Å². The van der Waals surface area contributed by atoms with Crippen molar-refractivity contribution in [1.29, 1.82) is 0 Å². The van der Waals surface area contributed by atoms with E-state index in [4.69, 9.17) is 0 Å². The summed E-state index contributed by atoms with van der Waals surface area (Å²) < 4.78 is 0. The summed E-state index contributed by atoms with van der Waals surface area (Å²) in [6, 6.07) is 12.4. The number of hydrogen-bond acceptors (Lipinski definition) is 4. The van der Waals surface area contributed by atoms with E-state index in [0.29, 0.717) is 12.5 Å². The van der Waals surface area contributed by atoms with Crippen molar-refractivity contribution >= 4 is 22.9 Å². The molecule has 0 bridgehead atoms. The lowest BCUT2D eigenvalue weighted by atomic mass is 10.0. The Morgan fingerprint density at radius 3 is 2.48 bits per heavy atom. The maximum Gasteiger partial charge on any atom is 0.238 e. The van der Waals surface area contributed by atoms with Gasteiger partial charge in [0.1, 0.15) is 0 Å². The second-order valence-corrected chi connectivity index (χ2v) is 7.95. The highest BCUT2D eigenvalue weighted by Gasteiger charge is 2.19. The first-order chi connectivity index (χ1) is 12.1. The predicted octanol–water partition coefficient (Wildman–Crippen LogP) is 3.63. The monoisotopic (exact) mass is 357 g/mol. The predicted molar refractivity (Wildman–Crippen MR) is 105 cm³/mol. The third-order valence-corrected chi connectivity index (χ3v) is 5.51. The van der Waals surface area contributed by atoms with Crippen molar-refractivity contribution in [3.8, 4) is 0 Å². The highest BCUT2D eigenvalue weighted by atomic mass is 32.1. The van der Waals surface area contributed by atoms with Crippen LogP contribution >= 0.6 is 11.3 Å². The van der Waals surface area contributed by atoms with Crippen LogP contribution in [0.3, 0.4) is 0 Å². The molecule has 0 spiro atoms. The summed E-state index contributed by atoms with van der Waals surface area (Å²) in [6.45, 7) is 9.74. The fourth-order valence-electron chi connectivity index (χ4n) is 3.24. The van der Waals surface area contributed by atoms with Crippen LogP contribution in [0.4, 0.5) is 5.69 Å². The minimum Gasteiger partial charge on any atom is -0.325 e. The zero-order valence-corrected chi connectivity index (χ0v) is 15.9. The Balaban J connectivity index is 1.46. The van der Waals surface area contributed by atoms with E-state index in [2.05, 4.69) is 52.5 Å². The van der Waals surface area contributed by atoms with Gasteiger partial charge in [-0.1, -0.05) is 38.1 Å². The molecule has 0 aliphatic carbocycles. The van der Waals surface area contributed by atoms with Crippen LogP contribution in [0.5, 0.6) is 0 Å². The van der Waals surface area contributed by atoms with E-state index in [-0.39, 0.29) is 5.91 Å². The molecule has 0 unspecified atom stereocenters. The Bertz CT molecular complexity index is 676. The highest BCUT2D eigenvalue weighted by Crippen LogP contribution is 2.23. The van der Waals surface area contributed by atoms with E-state index >= 15 is 0 Å². The lowest BCUT2D eigenvalue weighted by Crippen LogP contribution is -2.48. The lowest BCUT2D eigenvalue weighted by Gasteiger charge is -2.34. The number of carbonyl (C=O) groups excluding carboxylic acids is 1. The molecule has 0 atom stereocenters. The van der Waals surface area contributed by atoms with Crippen molar-refractivity contribution in [3.05, 3.63) is 52.2 Å². The van der Waals surface area contributed by atoms with Crippen LogP contribution in [-0.2, 0) is 11.3 Å².